The van der Waals surface area contributed by atoms with Gasteiger partial charge in [0.2, 0.25) is 0 Å². The molecule has 1 fully saturated rings. The van der Waals surface area contributed by atoms with Crippen LogP contribution in [0.25, 0.3) is 0 Å². The molecule has 3 aromatic rings. The Morgan fingerprint density at radius 1 is 0.800 bits per heavy atom. The number of benzene rings is 3. The Hall–Kier alpha value is -2.52. The Bertz CT molecular complexity index is 866. The van der Waals surface area contributed by atoms with Crippen LogP contribution in [0.5, 0.6) is 0 Å². The molecular weight excluding hydrogens is 326 g/mol. The molecule has 2 nitrogen and oxygen atoms in total. The van der Waals surface area contributed by atoms with Gasteiger partial charge < -0.3 is 4.90 Å². The van der Waals surface area contributed by atoms with Crippen LogP contribution in [-0.4, -0.2) is 12.2 Å². The fourth-order valence-electron chi connectivity index (χ4n) is 3.69. The molecule has 0 saturated carbocycles. The minimum atomic E-state index is -0.585. The van der Waals surface area contributed by atoms with E-state index in [1.54, 1.807) is 11.8 Å². The van der Waals surface area contributed by atoms with Crippen LogP contribution >= 0.6 is 11.8 Å². The SMILES string of the molecule is CS[C@@]1(c2ccccc2)C(=O)N(c2ccccc2)[C@@H]1c1ccccc1. The zero-order chi connectivity index (χ0) is 17.3. The first-order valence-electron chi connectivity index (χ1n) is 8.33. The molecule has 4 rings (SSSR count). The van der Waals surface area contributed by atoms with Crippen molar-refractivity contribution in [2.75, 3.05) is 11.2 Å². The van der Waals surface area contributed by atoms with Gasteiger partial charge in [0.15, 0.2) is 0 Å². The second-order valence-electron chi connectivity index (χ2n) is 6.13. The van der Waals surface area contributed by atoms with Gasteiger partial charge in [0.1, 0.15) is 4.75 Å². The van der Waals surface area contributed by atoms with E-state index in [4.69, 9.17) is 0 Å². The summed E-state index contributed by atoms with van der Waals surface area (Å²) >= 11 is 1.63. The number of carbonyl (C=O) groups excluding carboxylic acids is 1. The van der Waals surface area contributed by atoms with Gasteiger partial charge in [-0.2, -0.15) is 0 Å². The first kappa shape index (κ1) is 16.0. The van der Waals surface area contributed by atoms with Gasteiger partial charge in [0, 0.05) is 5.69 Å². The van der Waals surface area contributed by atoms with Crippen LogP contribution < -0.4 is 4.90 Å². The minimum absolute atomic E-state index is 0.0269. The van der Waals surface area contributed by atoms with E-state index in [9.17, 15) is 4.79 Å². The predicted molar refractivity (Wildman–Crippen MR) is 105 cm³/mol. The molecule has 1 amide bonds. The maximum Gasteiger partial charge on any atom is 0.250 e. The number of hydrogen-bond acceptors (Lipinski definition) is 2. The second kappa shape index (κ2) is 6.41. The highest BCUT2D eigenvalue weighted by Gasteiger charge is 2.62. The normalized spacial score (nSPS) is 22.5. The third kappa shape index (κ3) is 2.38. The highest BCUT2D eigenvalue weighted by Crippen LogP contribution is 2.58. The Labute approximate surface area is 152 Å². The van der Waals surface area contributed by atoms with Crippen molar-refractivity contribution in [1.82, 2.24) is 0 Å². The molecule has 3 heteroatoms. The number of amides is 1. The van der Waals surface area contributed by atoms with Gasteiger partial charge >= 0.3 is 0 Å². The van der Waals surface area contributed by atoms with Crippen molar-refractivity contribution in [3.63, 3.8) is 0 Å². The zero-order valence-corrected chi connectivity index (χ0v) is 14.8. The number of para-hydroxylation sites is 1. The second-order valence-corrected chi connectivity index (χ2v) is 7.18. The molecule has 1 heterocycles. The molecule has 25 heavy (non-hydrogen) atoms. The third-order valence-corrected chi connectivity index (χ3v) is 6.13. The van der Waals surface area contributed by atoms with Gasteiger partial charge in [-0.1, -0.05) is 78.9 Å². The quantitative estimate of drug-likeness (QED) is 0.618. The molecular formula is C22H19NOS. The van der Waals surface area contributed by atoms with Crippen molar-refractivity contribution in [3.8, 4) is 0 Å². The van der Waals surface area contributed by atoms with Crippen molar-refractivity contribution in [2.45, 2.75) is 10.8 Å². The molecule has 0 spiro atoms. The summed E-state index contributed by atoms with van der Waals surface area (Å²) in [5, 5.41) is 0. The lowest BCUT2D eigenvalue weighted by molar-refractivity contribution is -0.128. The monoisotopic (exact) mass is 345 g/mol. The molecule has 1 aliphatic heterocycles. The molecule has 0 radical (unpaired) electrons. The molecule has 1 saturated heterocycles. The standard InChI is InChI=1S/C22H19NOS/c1-25-22(18-13-7-3-8-14-18)20(17-11-5-2-6-12-17)23(21(22)24)19-15-9-4-10-16-19/h2-16,20H,1H3/t20-,22-/m1/s1. The van der Waals surface area contributed by atoms with Crippen LogP contribution in [0.3, 0.4) is 0 Å². The fourth-order valence-corrected chi connectivity index (χ4v) is 4.80. The first-order valence-corrected chi connectivity index (χ1v) is 9.56. The molecule has 124 valence electrons. The minimum Gasteiger partial charge on any atom is -0.301 e. The Kier molecular flexibility index (Phi) is 4.10. The number of hydrogen-bond donors (Lipinski definition) is 0. The molecule has 0 N–H and O–H groups in total. The molecule has 0 aromatic heterocycles. The van der Waals surface area contributed by atoms with Gasteiger partial charge in [0.25, 0.3) is 5.91 Å². The molecule has 0 aliphatic carbocycles. The maximum atomic E-state index is 13.4. The lowest BCUT2D eigenvalue weighted by Gasteiger charge is -2.55. The average molecular weight is 345 g/mol. The fraction of sp³-hybridized carbons (Fsp3) is 0.136. The van der Waals surface area contributed by atoms with Gasteiger partial charge in [-0.25, -0.2) is 0 Å². The number of nitrogens with zero attached hydrogens (tertiary/aromatic N) is 1. The Morgan fingerprint density at radius 3 is 1.88 bits per heavy atom. The highest BCUT2D eigenvalue weighted by molar-refractivity contribution is 8.00. The van der Waals surface area contributed by atoms with Crippen LogP contribution in [-0.2, 0) is 9.54 Å². The van der Waals surface area contributed by atoms with E-state index < -0.39 is 4.75 Å². The zero-order valence-electron chi connectivity index (χ0n) is 14.0. The number of rotatable bonds is 4. The predicted octanol–water partition coefficient (Wildman–Crippen LogP) is 5.03. The number of carbonyl (C=O) groups is 1. The number of anilines is 1. The van der Waals surface area contributed by atoms with Crippen molar-refractivity contribution >= 4 is 23.4 Å². The van der Waals surface area contributed by atoms with E-state index in [0.29, 0.717) is 0 Å². The van der Waals surface area contributed by atoms with Crippen LogP contribution in [0.1, 0.15) is 17.2 Å². The summed E-state index contributed by atoms with van der Waals surface area (Å²) in [7, 11) is 0. The highest BCUT2D eigenvalue weighted by atomic mass is 32.2. The largest absolute Gasteiger partial charge is 0.301 e. The summed E-state index contributed by atoms with van der Waals surface area (Å²) in [6.07, 6.45) is 2.03. The van der Waals surface area contributed by atoms with Gasteiger partial charge in [-0.05, 0) is 29.5 Å². The van der Waals surface area contributed by atoms with Gasteiger partial charge in [-0.15, -0.1) is 11.8 Å². The van der Waals surface area contributed by atoms with E-state index in [2.05, 4.69) is 24.3 Å². The van der Waals surface area contributed by atoms with Crippen LogP contribution in [0.15, 0.2) is 91.0 Å². The van der Waals surface area contributed by atoms with Gasteiger partial charge in [0.05, 0.1) is 6.04 Å². The molecule has 1 aliphatic rings. The average Bonchev–Trinajstić information content (AvgIpc) is 2.69. The van der Waals surface area contributed by atoms with E-state index in [0.717, 1.165) is 16.8 Å². The topological polar surface area (TPSA) is 20.3 Å². The molecule has 3 aromatic carbocycles. The summed E-state index contributed by atoms with van der Waals surface area (Å²) < 4.78 is -0.585. The van der Waals surface area contributed by atoms with Crippen LogP contribution in [0.2, 0.25) is 0 Å². The summed E-state index contributed by atoms with van der Waals surface area (Å²) in [5.41, 5.74) is 3.17. The van der Waals surface area contributed by atoms with Crippen molar-refractivity contribution < 1.29 is 4.79 Å². The molecule has 2 atom stereocenters. The van der Waals surface area contributed by atoms with Crippen molar-refractivity contribution in [3.05, 3.63) is 102 Å². The lowest BCUT2D eigenvalue weighted by atomic mass is 9.76. The van der Waals surface area contributed by atoms with Gasteiger partial charge in [-0.3, -0.25) is 4.79 Å². The van der Waals surface area contributed by atoms with Crippen molar-refractivity contribution in [1.29, 1.82) is 0 Å². The first-order chi connectivity index (χ1) is 12.3. The van der Waals surface area contributed by atoms with E-state index in [1.165, 1.54) is 0 Å². The smallest absolute Gasteiger partial charge is 0.250 e. The third-order valence-electron chi connectivity index (χ3n) is 4.85. The molecule has 0 bridgehead atoms. The lowest BCUT2D eigenvalue weighted by Crippen LogP contribution is -2.64. The van der Waals surface area contributed by atoms with Crippen molar-refractivity contribution in [2.24, 2.45) is 0 Å². The maximum absolute atomic E-state index is 13.4. The van der Waals surface area contributed by atoms with Crippen LogP contribution in [0, 0.1) is 0 Å². The molecule has 0 unspecified atom stereocenters. The Balaban J connectivity index is 1.88. The van der Waals surface area contributed by atoms with E-state index in [1.807, 2.05) is 77.9 Å². The number of β-lactam (4-membered cyclic amide) rings is 1. The number of thioether (sulfide) groups is 1. The summed E-state index contributed by atoms with van der Waals surface area (Å²) in [6, 6.07) is 30.4. The van der Waals surface area contributed by atoms with E-state index in [-0.39, 0.29) is 11.9 Å². The summed E-state index contributed by atoms with van der Waals surface area (Å²) in [5.74, 6) is 0.145. The van der Waals surface area contributed by atoms with Crippen LogP contribution in [0.4, 0.5) is 5.69 Å². The summed E-state index contributed by atoms with van der Waals surface area (Å²) in [6.45, 7) is 0. The Morgan fingerprint density at radius 2 is 1.32 bits per heavy atom. The summed E-state index contributed by atoms with van der Waals surface area (Å²) in [4.78, 5) is 15.3. The van der Waals surface area contributed by atoms with E-state index >= 15 is 0 Å².